The second kappa shape index (κ2) is 6.11. The lowest BCUT2D eigenvalue weighted by molar-refractivity contribution is 0.0946. The van der Waals surface area contributed by atoms with Crippen molar-refractivity contribution in [3.63, 3.8) is 0 Å². The minimum Gasteiger partial charge on any atom is -0.399 e. The topological polar surface area (TPSA) is 72.6 Å². The summed E-state index contributed by atoms with van der Waals surface area (Å²) in [7, 11) is -3.49. The Labute approximate surface area is 120 Å². The fourth-order valence-electron chi connectivity index (χ4n) is 2.51. The molecule has 0 saturated carbocycles. The van der Waals surface area contributed by atoms with E-state index >= 15 is 0 Å². The van der Waals surface area contributed by atoms with Crippen LogP contribution in [0.1, 0.15) is 25.3 Å². The lowest BCUT2D eigenvalue weighted by Gasteiger charge is -2.24. The number of anilines is 1. The van der Waals surface area contributed by atoms with Crippen molar-refractivity contribution < 1.29 is 13.2 Å². The highest BCUT2D eigenvalue weighted by Crippen LogP contribution is 2.23. The number of sulfonamides is 1. The van der Waals surface area contributed by atoms with Gasteiger partial charge in [0.2, 0.25) is 10.0 Å². The van der Waals surface area contributed by atoms with Crippen LogP contribution in [0.5, 0.6) is 0 Å². The molecule has 112 valence electrons. The minimum atomic E-state index is -3.49. The summed E-state index contributed by atoms with van der Waals surface area (Å²) in [6.45, 7) is 5.19. The molecule has 0 amide bonds. The van der Waals surface area contributed by atoms with Gasteiger partial charge in [-0.2, -0.15) is 4.31 Å². The zero-order chi connectivity index (χ0) is 14.8. The van der Waals surface area contributed by atoms with Crippen molar-refractivity contribution in [1.82, 2.24) is 4.31 Å². The van der Waals surface area contributed by atoms with Gasteiger partial charge in [-0.25, -0.2) is 8.42 Å². The first-order valence-electron chi connectivity index (χ1n) is 6.93. The molecule has 1 aliphatic heterocycles. The zero-order valence-corrected chi connectivity index (χ0v) is 12.8. The predicted molar refractivity (Wildman–Crippen MR) is 79.0 cm³/mol. The van der Waals surface area contributed by atoms with Crippen molar-refractivity contribution in [3.05, 3.63) is 23.8 Å². The summed E-state index contributed by atoms with van der Waals surface area (Å²) in [5.74, 6) is 0. The number of aryl methyl sites for hydroxylation is 1. The Morgan fingerprint density at radius 3 is 2.75 bits per heavy atom. The average Bonchev–Trinajstić information content (AvgIpc) is 2.88. The summed E-state index contributed by atoms with van der Waals surface area (Å²) in [6, 6.07) is 4.89. The van der Waals surface area contributed by atoms with Crippen LogP contribution in [0.3, 0.4) is 0 Å². The molecule has 2 rings (SSSR count). The standard InChI is InChI=1S/C14H22N2O3S/c1-3-16(10-13-5-4-8-19-13)20(17,18)14-7-6-12(15)9-11(14)2/h6-7,9,13H,3-5,8,10,15H2,1-2H3. The van der Waals surface area contributed by atoms with Gasteiger partial charge in [-0.1, -0.05) is 6.92 Å². The molecule has 0 radical (unpaired) electrons. The van der Waals surface area contributed by atoms with Gasteiger partial charge in [-0.05, 0) is 43.5 Å². The Bertz CT molecular complexity index is 566. The second-order valence-electron chi connectivity index (χ2n) is 5.12. The van der Waals surface area contributed by atoms with Crippen LogP contribution in [-0.4, -0.2) is 38.5 Å². The molecule has 20 heavy (non-hydrogen) atoms. The van der Waals surface area contributed by atoms with Crippen LogP contribution in [0.15, 0.2) is 23.1 Å². The van der Waals surface area contributed by atoms with Gasteiger partial charge in [0.15, 0.2) is 0 Å². The first-order chi connectivity index (χ1) is 9.45. The summed E-state index contributed by atoms with van der Waals surface area (Å²) in [5, 5.41) is 0. The maximum Gasteiger partial charge on any atom is 0.243 e. The fraction of sp³-hybridized carbons (Fsp3) is 0.571. The number of hydrogen-bond acceptors (Lipinski definition) is 4. The van der Waals surface area contributed by atoms with E-state index in [-0.39, 0.29) is 6.10 Å². The van der Waals surface area contributed by atoms with Gasteiger partial charge in [-0.3, -0.25) is 0 Å². The van der Waals surface area contributed by atoms with Crippen molar-refractivity contribution in [2.75, 3.05) is 25.4 Å². The quantitative estimate of drug-likeness (QED) is 0.841. The van der Waals surface area contributed by atoms with Crippen molar-refractivity contribution >= 4 is 15.7 Å². The number of rotatable bonds is 5. The van der Waals surface area contributed by atoms with Crippen LogP contribution in [-0.2, 0) is 14.8 Å². The number of nitrogen functional groups attached to an aromatic ring is 1. The molecule has 6 heteroatoms. The molecular formula is C14H22N2O3S. The van der Waals surface area contributed by atoms with Gasteiger partial charge in [0.1, 0.15) is 0 Å². The Balaban J connectivity index is 2.26. The molecule has 1 fully saturated rings. The average molecular weight is 298 g/mol. The van der Waals surface area contributed by atoms with E-state index in [1.165, 1.54) is 4.31 Å². The van der Waals surface area contributed by atoms with Crippen molar-refractivity contribution in [2.24, 2.45) is 0 Å². The summed E-state index contributed by atoms with van der Waals surface area (Å²) in [5.41, 5.74) is 6.93. The SMILES string of the molecule is CCN(CC1CCCO1)S(=O)(=O)c1ccc(N)cc1C. The number of hydrogen-bond donors (Lipinski definition) is 1. The van der Waals surface area contributed by atoms with Gasteiger partial charge in [0, 0.05) is 25.4 Å². The van der Waals surface area contributed by atoms with Crippen LogP contribution < -0.4 is 5.73 Å². The number of nitrogens with two attached hydrogens (primary N) is 1. The first-order valence-corrected chi connectivity index (χ1v) is 8.37. The molecule has 1 aliphatic rings. The largest absolute Gasteiger partial charge is 0.399 e. The number of likely N-dealkylation sites (N-methyl/N-ethyl adjacent to an activating group) is 1. The number of benzene rings is 1. The van der Waals surface area contributed by atoms with Crippen molar-refractivity contribution in [2.45, 2.75) is 37.7 Å². The van der Waals surface area contributed by atoms with Gasteiger partial charge in [0.25, 0.3) is 0 Å². The Hall–Kier alpha value is -1.11. The van der Waals surface area contributed by atoms with Crippen LogP contribution in [0.25, 0.3) is 0 Å². The first kappa shape index (κ1) is 15.3. The zero-order valence-electron chi connectivity index (χ0n) is 12.0. The van der Waals surface area contributed by atoms with Crippen LogP contribution in [0, 0.1) is 6.92 Å². The van der Waals surface area contributed by atoms with E-state index in [2.05, 4.69) is 0 Å². The highest BCUT2D eigenvalue weighted by Gasteiger charge is 2.28. The van der Waals surface area contributed by atoms with Crippen LogP contribution in [0.4, 0.5) is 5.69 Å². The molecule has 1 unspecified atom stereocenters. The summed E-state index contributed by atoms with van der Waals surface area (Å²) < 4.78 is 32.5. The van der Waals surface area contributed by atoms with E-state index in [0.29, 0.717) is 29.2 Å². The van der Waals surface area contributed by atoms with Gasteiger partial charge >= 0.3 is 0 Å². The summed E-state index contributed by atoms with van der Waals surface area (Å²) in [4.78, 5) is 0.326. The van der Waals surface area contributed by atoms with Crippen molar-refractivity contribution in [3.8, 4) is 0 Å². The van der Waals surface area contributed by atoms with Gasteiger partial charge in [0.05, 0.1) is 11.0 Å². The maximum atomic E-state index is 12.7. The minimum absolute atomic E-state index is 0.0128. The van der Waals surface area contributed by atoms with Crippen LogP contribution in [0.2, 0.25) is 0 Å². The number of nitrogens with zero attached hydrogens (tertiary/aromatic N) is 1. The molecule has 0 spiro atoms. The Morgan fingerprint density at radius 1 is 1.45 bits per heavy atom. The molecule has 0 bridgehead atoms. The van der Waals surface area contributed by atoms with E-state index in [1.54, 1.807) is 25.1 Å². The molecule has 2 N–H and O–H groups in total. The third kappa shape index (κ3) is 3.13. The van der Waals surface area contributed by atoms with E-state index in [1.807, 2.05) is 6.92 Å². The second-order valence-corrected chi connectivity index (χ2v) is 7.02. The smallest absolute Gasteiger partial charge is 0.243 e. The molecule has 1 saturated heterocycles. The molecule has 0 aromatic heterocycles. The fourth-order valence-corrected chi connectivity index (χ4v) is 4.20. The summed E-state index contributed by atoms with van der Waals surface area (Å²) >= 11 is 0. The third-order valence-corrected chi connectivity index (χ3v) is 5.70. The Kier molecular flexibility index (Phi) is 4.67. The van der Waals surface area contributed by atoms with E-state index in [9.17, 15) is 8.42 Å². The van der Waals surface area contributed by atoms with Gasteiger partial charge in [-0.15, -0.1) is 0 Å². The lowest BCUT2D eigenvalue weighted by Crippen LogP contribution is -2.37. The highest BCUT2D eigenvalue weighted by atomic mass is 32.2. The molecule has 1 heterocycles. The maximum absolute atomic E-state index is 12.7. The molecule has 5 nitrogen and oxygen atoms in total. The Morgan fingerprint density at radius 2 is 2.20 bits per heavy atom. The normalized spacial score (nSPS) is 19.6. The van der Waals surface area contributed by atoms with E-state index in [0.717, 1.165) is 19.4 Å². The molecule has 1 atom stereocenters. The molecule has 1 aromatic rings. The monoisotopic (exact) mass is 298 g/mol. The lowest BCUT2D eigenvalue weighted by atomic mass is 10.2. The van der Waals surface area contributed by atoms with Crippen LogP contribution >= 0.6 is 0 Å². The molecule has 1 aromatic carbocycles. The van der Waals surface area contributed by atoms with Gasteiger partial charge < -0.3 is 10.5 Å². The predicted octanol–water partition coefficient (Wildman–Crippen LogP) is 1.77. The van der Waals surface area contributed by atoms with E-state index < -0.39 is 10.0 Å². The highest BCUT2D eigenvalue weighted by molar-refractivity contribution is 7.89. The summed E-state index contributed by atoms with van der Waals surface area (Å²) in [6.07, 6.45) is 1.94. The van der Waals surface area contributed by atoms with Crippen molar-refractivity contribution in [1.29, 1.82) is 0 Å². The molecular weight excluding hydrogens is 276 g/mol. The van der Waals surface area contributed by atoms with E-state index in [4.69, 9.17) is 10.5 Å². The molecule has 0 aliphatic carbocycles. The third-order valence-electron chi connectivity index (χ3n) is 3.60. The number of ether oxygens (including phenoxy) is 1.